The minimum Gasteiger partial charge on any atom is -0.381 e. The molecule has 17 heavy (non-hydrogen) atoms. The van der Waals surface area contributed by atoms with E-state index in [-0.39, 0.29) is 6.29 Å². The lowest BCUT2D eigenvalue weighted by Gasteiger charge is -2.22. The zero-order valence-electron chi connectivity index (χ0n) is 10.9. The molecule has 0 aromatic carbocycles. The Morgan fingerprint density at radius 1 is 1.24 bits per heavy atom. The molecule has 0 N–H and O–H groups in total. The molecule has 0 saturated carbocycles. The monoisotopic (exact) mass is 264 g/mol. The van der Waals surface area contributed by atoms with E-state index in [9.17, 15) is 4.21 Å². The highest BCUT2D eigenvalue weighted by Gasteiger charge is 2.21. The van der Waals surface area contributed by atoms with E-state index in [0.717, 1.165) is 26.1 Å². The lowest BCUT2D eigenvalue weighted by molar-refractivity contribution is -0.136. The van der Waals surface area contributed by atoms with E-state index in [1.165, 1.54) is 0 Å². The third kappa shape index (κ3) is 5.95. The first-order valence-electron chi connectivity index (χ1n) is 6.46. The first-order valence-corrected chi connectivity index (χ1v) is 7.84. The molecule has 102 valence electrons. The number of hydrogen-bond donors (Lipinski definition) is 0. The van der Waals surface area contributed by atoms with Gasteiger partial charge in [-0.15, -0.1) is 0 Å². The van der Waals surface area contributed by atoms with Gasteiger partial charge in [0.25, 0.3) is 0 Å². The molecule has 0 aromatic rings. The van der Waals surface area contributed by atoms with Gasteiger partial charge in [0.2, 0.25) is 0 Å². The van der Waals surface area contributed by atoms with Crippen molar-refractivity contribution in [3.63, 3.8) is 0 Å². The van der Waals surface area contributed by atoms with E-state index < -0.39 is 10.8 Å². The fourth-order valence-corrected chi connectivity index (χ4v) is 3.38. The largest absolute Gasteiger partial charge is 0.381 e. The van der Waals surface area contributed by atoms with E-state index >= 15 is 0 Å². The summed E-state index contributed by atoms with van der Waals surface area (Å²) in [5.41, 5.74) is 0. The van der Waals surface area contributed by atoms with Gasteiger partial charge in [-0.3, -0.25) is 4.21 Å². The molecule has 0 amide bonds. The van der Waals surface area contributed by atoms with Crippen molar-refractivity contribution in [2.75, 3.05) is 32.2 Å². The van der Waals surface area contributed by atoms with Crippen LogP contribution in [-0.2, 0) is 25.0 Å². The highest BCUT2D eigenvalue weighted by atomic mass is 32.2. The van der Waals surface area contributed by atoms with Crippen LogP contribution in [0.25, 0.3) is 0 Å². The van der Waals surface area contributed by atoms with Gasteiger partial charge in [0.05, 0.1) is 0 Å². The van der Waals surface area contributed by atoms with Gasteiger partial charge >= 0.3 is 0 Å². The van der Waals surface area contributed by atoms with Gasteiger partial charge in [-0.25, -0.2) is 0 Å². The fraction of sp³-hybridized carbons (Fsp3) is 1.00. The maximum atomic E-state index is 12.1. The maximum Gasteiger partial charge on any atom is 0.158 e. The average Bonchev–Trinajstić information content (AvgIpc) is 2.37. The number of hydrogen-bond acceptors (Lipinski definition) is 4. The summed E-state index contributed by atoms with van der Waals surface area (Å²) in [5.74, 6) is 0.662. The Hall–Kier alpha value is 0.0300. The van der Waals surface area contributed by atoms with Crippen molar-refractivity contribution >= 4 is 10.8 Å². The zero-order chi connectivity index (χ0) is 12.5. The molecule has 1 saturated heterocycles. The summed E-state index contributed by atoms with van der Waals surface area (Å²) in [7, 11) is -0.774. The van der Waals surface area contributed by atoms with Crippen molar-refractivity contribution in [2.24, 2.45) is 0 Å². The van der Waals surface area contributed by atoms with Gasteiger partial charge in [0, 0.05) is 54.7 Å². The van der Waals surface area contributed by atoms with Crippen molar-refractivity contribution < 1.29 is 18.4 Å². The molecule has 1 rings (SSSR count). The van der Waals surface area contributed by atoms with Gasteiger partial charge < -0.3 is 14.2 Å². The predicted molar refractivity (Wildman–Crippen MR) is 68.5 cm³/mol. The van der Waals surface area contributed by atoms with Crippen LogP contribution in [0.15, 0.2) is 0 Å². The van der Waals surface area contributed by atoms with Crippen molar-refractivity contribution in [3.8, 4) is 0 Å². The number of ether oxygens (including phenoxy) is 3. The third-order valence-electron chi connectivity index (χ3n) is 2.80. The summed E-state index contributed by atoms with van der Waals surface area (Å²) >= 11 is 0. The molecule has 1 heterocycles. The van der Waals surface area contributed by atoms with Crippen LogP contribution < -0.4 is 0 Å². The average molecular weight is 264 g/mol. The topological polar surface area (TPSA) is 44.8 Å². The van der Waals surface area contributed by atoms with E-state index in [4.69, 9.17) is 14.2 Å². The van der Waals surface area contributed by atoms with Crippen LogP contribution in [0.3, 0.4) is 0 Å². The molecule has 1 fully saturated rings. The Morgan fingerprint density at radius 2 is 1.82 bits per heavy atom. The molecule has 1 unspecified atom stereocenters. The molecule has 0 spiro atoms. The zero-order valence-corrected chi connectivity index (χ0v) is 11.7. The van der Waals surface area contributed by atoms with Crippen LogP contribution in [0.1, 0.15) is 33.1 Å². The molecule has 1 atom stereocenters. The highest BCUT2D eigenvalue weighted by Crippen LogP contribution is 2.15. The van der Waals surface area contributed by atoms with Crippen LogP contribution >= 0.6 is 0 Å². The molecule has 0 bridgehead atoms. The van der Waals surface area contributed by atoms with Gasteiger partial charge in [0.15, 0.2) is 6.29 Å². The van der Waals surface area contributed by atoms with Gasteiger partial charge in [0.1, 0.15) is 0 Å². The van der Waals surface area contributed by atoms with Gasteiger partial charge in [-0.1, -0.05) is 0 Å². The van der Waals surface area contributed by atoms with Crippen LogP contribution in [0.5, 0.6) is 0 Å². The van der Waals surface area contributed by atoms with E-state index in [0.29, 0.717) is 30.6 Å². The summed E-state index contributed by atoms with van der Waals surface area (Å²) in [6.07, 6.45) is 2.35. The normalized spacial score (nSPS) is 19.7. The van der Waals surface area contributed by atoms with Crippen molar-refractivity contribution in [1.29, 1.82) is 0 Å². The second kappa shape index (κ2) is 9.03. The molecular weight excluding hydrogens is 240 g/mol. The number of rotatable bonds is 8. The molecule has 1 aliphatic heterocycles. The SMILES string of the molecule is CCOC(CCS(=O)C1CCOCC1)OCC. The van der Waals surface area contributed by atoms with Crippen LogP contribution in [0, 0.1) is 0 Å². The summed E-state index contributed by atoms with van der Waals surface area (Å²) in [4.78, 5) is 0. The minimum absolute atomic E-state index is 0.200. The van der Waals surface area contributed by atoms with E-state index in [2.05, 4.69) is 0 Å². The molecule has 0 radical (unpaired) electrons. The quantitative estimate of drug-likeness (QED) is 0.626. The molecule has 0 aromatic heterocycles. The Labute approximate surface area is 106 Å². The third-order valence-corrected chi connectivity index (χ3v) is 4.65. The van der Waals surface area contributed by atoms with Gasteiger partial charge in [-0.2, -0.15) is 0 Å². The Balaban J connectivity index is 2.24. The summed E-state index contributed by atoms with van der Waals surface area (Å²) in [5, 5.41) is 0.299. The Morgan fingerprint density at radius 3 is 2.35 bits per heavy atom. The minimum atomic E-state index is -0.774. The van der Waals surface area contributed by atoms with E-state index in [1.54, 1.807) is 0 Å². The molecule has 0 aliphatic carbocycles. The fourth-order valence-electron chi connectivity index (χ4n) is 1.90. The first-order chi connectivity index (χ1) is 8.27. The summed E-state index contributed by atoms with van der Waals surface area (Å²) in [6.45, 7) is 6.65. The van der Waals surface area contributed by atoms with Crippen molar-refractivity contribution in [1.82, 2.24) is 0 Å². The van der Waals surface area contributed by atoms with E-state index in [1.807, 2.05) is 13.8 Å². The second-order valence-corrected chi connectivity index (χ2v) is 5.86. The van der Waals surface area contributed by atoms with Crippen molar-refractivity contribution in [3.05, 3.63) is 0 Å². The molecular formula is C12H24O4S. The summed E-state index contributed by atoms with van der Waals surface area (Å²) < 4.78 is 28.2. The van der Waals surface area contributed by atoms with Crippen LogP contribution in [0.4, 0.5) is 0 Å². The maximum absolute atomic E-state index is 12.1. The first kappa shape index (κ1) is 15.1. The summed E-state index contributed by atoms with van der Waals surface area (Å²) in [6, 6.07) is 0. The smallest absolute Gasteiger partial charge is 0.158 e. The predicted octanol–water partition coefficient (Wildman–Crippen LogP) is 1.70. The lowest BCUT2D eigenvalue weighted by Crippen LogP contribution is -2.28. The molecule has 1 aliphatic rings. The standard InChI is InChI=1S/C12H24O4S/c1-3-15-12(16-4-2)7-10-17(13)11-5-8-14-9-6-11/h11-12H,3-10H2,1-2H3. The molecule has 5 heteroatoms. The lowest BCUT2D eigenvalue weighted by atomic mass is 10.2. The second-order valence-electron chi connectivity index (χ2n) is 4.03. The van der Waals surface area contributed by atoms with Crippen LogP contribution in [-0.4, -0.2) is 47.9 Å². The highest BCUT2D eigenvalue weighted by molar-refractivity contribution is 7.85. The van der Waals surface area contributed by atoms with Crippen LogP contribution in [0.2, 0.25) is 0 Å². The van der Waals surface area contributed by atoms with Crippen molar-refractivity contribution in [2.45, 2.75) is 44.6 Å². The Kier molecular flexibility index (Phi) is 8.01. The van der Waals surface area contributed by atoms with Gasteiger partial charge in [-0.05, 0) is 26.7 Å². The Bertz CT molecular complexity index is 211. The molecule has 4 nitrogen and oxygen atoms in total.